The van der Waals surface area contributed by atoms with E-state index in [0.29, 0.717) is 17.9 Å². The summed E-state index contributed by atoms with van der Waals surface area (Å²) in [5.41, 5.74) is 3.24. The van der Waals surface area contributed by atoms with Crippen LogP contribution in [0.5, 0.6) is 5.75 Å². The number of unbranched alkanes of at least 4 members (excludes halogenated alkanes) is 1. The quantitative estimate of drug-likeness (QED) is 0.235. The van der Waals surface area contributed by atoms with Gasteiger partial charge < -0.3 is 10.1 Å². The monoisotopic (exact) mass is 468 g/mol. The van der Waals surface area contributed by atoms with E-state index in [1.54, 1.807) is 10.8 Å². The van der Waals surface area contributed by atoms with Gasteiger partial charge in [0, 0.05) is 23.4 Å². The molecule has 6 heteroatoms. The number of nitrogens with zero attached hydrogens (tertiary/aromatic N) is 3. The van der Waals surface area contributed by atoms with Crippen molar-refractivity contribution in [2.45, 2.75) is 57.9 Å². The predicted octanol–water partition coefficient (Wildman–Crippen LogP) is 6.07. The molecule has 2 aromatic carbocycles. The first-order valence-electron chi connectivity index (χ1n) is 12.5. The lowest BCUT2D eigenvalue weighted by atomic mass is 9.95. The van der Waals surface area contributed by atoms with Crippen molar-refractivity contribution >= 4 is 12.0 Å². The van der Waals surface area contributed by atoms with E-state index in [1.807, 2.05) is 60.8 Å². The van der Waals surface area contributed by atoms with E-state index in [2.05, 4.69) is 18.3 Å². The zero-order valence-electron chi connectivity index (χ0n) is 20.2. The van der Waals surface area contributed by atoms with E-state index >= 15 is 0 Å². The van der Waals surface area contributed by atoms with Gasteiger partial charge in [-0.25, -0.2) is 4.68 Å². The lowest BCUT2D eigenvalue weighted by Gasteiger charge is -2.22. The highest BCUT2D eigenvalue weighted by atomic mass is 16.5. The van der Waals surface area contributed by atoms with Crippen LogP contribution in [0.25, 0.3) is 23.0 Å². The van der Waals surface area contributed by atoms with Crippen molar-refractivity contribution in [2.24, 2.45) is 0 Å². The van der Waals surface area contributed by atoms with Crippen LogP contribution in [0, 0.1) is 11.3 Å². The second kappa shape index (κ2) is 12.0. The van der Waals surface area contributed by atoms with E-state index in [4.69, 9.17) is 9.84 Å². The van der Waals surface area contributed by atoms with Crippen molar-refractivity contribution in [1.82, 2.24) is 15.1 Å². The molecule has 1 heterocycles. The number of ether oxygens (including phenoxy) is 1. The second-order valence-electron chi connectivity index (χ2n) is 8.92. The third-order valence-electron chi connectivity index (χ3n) is 6.24. The molecule has 0 aliphatic heterocycles. The molecule has 0 unspecified atom stereocenters. The summed E-state index contributed by atoms with van der Waals surface area (Å²) in [4.78, 5) is 12.9. The Morgan fingerprint density at radius 3 is 2.71 bits per heavy atom. The number of benzene rings is 2. The molecular weight excluding hydrogens is 436 g/mol. The first-order valence-corrected chi connectivity index (χ1v) is 12.5. The number of hydrogen-bond acceptors (Lipinski definition) is 4. The number of hydrogen-bond donors (Lipinski definition) is 1. The van der Waals surface area contributed by atoms with Gasteiger partial charge in [0.25, 0.3) is 5.91 Å². The Morgan fingerprint density at radius 2 is 1.97 bits per heavy atom. The minimum Gasteiger partial charge on any atom is -0.494 e. The first-order chi connectivity index (χ1) is 17.2. The van der Waals surface area contributed by atoms with Gasteiger partial charge in [0.05, 0.1) is 12.3 Å². The molecule has 35 heavy (non-hydrogen) atoms. The average Bonchev–Trinajstić information content (AvgIpc) is 3.32. The van der Waals surface area contributed by atoms with Gasteiger partial charge in [-0.1, -0.05) is 62.9 Å². The molecule has 0 spiro atoms. The van der Waals surface area contributed by atoms with E-state index in [-0.39, 0.29) is 17.5 Å². The van der Waals surface area contributed by atoms with Gasteiger partial charge >= 0.3 is 0 Å². The van der Waals surface area contributed by atoms with Crippen LogP contribution in [0.3, 0.4) is 0 Å². The van der Waals surface area contributed by atoms with Crippen LogP contribution in [0.4, 0.5) is 0 Å². The van der Waals surface area contributed by atoms with Crippen molar-refractivity contribution < 1.29 is 9.53 Å². The smallest absolute Gasteiger partial charge is 0.262 e. The summed E-state index contributed by atoms with van der Waals surface area (Å²) in [6, 6.07) is 19.8. The standard InChI is InChI=1S/C29H32N4O2/c1-2-3-17-35-27-16-10-11-22(19-27)28-24(21-33(32-28)26-14-8-5-9-15-26)18-23(20-30)29(34)31-25-12-6-4-7-13-25/h5,8-11,14-16,18-19,21,25H,2-4,6-7,12-13,17H2,1H3,(H,31,34). The maximum Gasteiger partial charge on any atom is 0.262 e. The fourth-order valence-corrected chi connectivity index (χ4v) is 4.31. The summed E-state index contributed by atoms with van der Waals surface area (Å²) < 4.78 is 7.68. The van der Waals surface area contributed by atoms with Crippen LogP contribution < -0.4 is 10.1 Å². The summed E-state index contributed by atoms with van der Waals surface area (Å²) in [6.45, 7) is 2.79. The average molecular weight is 469 g/mol. The molecule has 4 rings (SSSR count). The van der Waals surface area contributed by atoms with Crippen LogP contribution in [0.1, 0.15) is 57.4 Å². The summed E-state index contributed by atoms with van der Waals surface area (Å²) in [6.07, 6.45) is 10.9. The maximum absolute atomic E-state index is 12.9. The predicted molar refractivity (Wildman–Crippen MR) is 138 cm³/mol. The zero-order chi connectivity index (χ0) is 24.5. The summed E-state index contributed by atoms with van der Waals surface area (Å²) in [7, 11) is 0. The molecule has 1 N–H and O–H groups in total. The molecule has 1 aromatic heterocycles. The molecule has 1 saturated carbocycles. The Morgan fingerprint density at radius 1 is 1.17 bits per heavy atom. The van der Waals surface area contributed by atoms with Crippen LogP contribution >= 0.6 is 0 Å². The van der Waals surface area contributed by atoms with Gasteiger partial charge in [0.2, 0.25) is 0 Å². The number of nitrogens with one attached hydrogen (secondary N) is 1. The minimum absolute atomic E-state index is 0.0831. The lowest BCUT2D eigenvalue weighted by Crippen LogP contribution is -2.36. The molecule has 1 amide bonds. The molecule has 0 saturated heterocycles. The minimum atomic E-state index is -0.325. The molecule has 1 aliphatic carbocycles. The third-order valence-corrected chi connectivity index (χ3v) is 6.24. The van der Waals surface area contributed by atoms with Crippen molar-refractivity contribution in [1.29, 1.82) is 5.26 Å². The topological polar surface area (TPSA) is 79.9 Å². The highest BCUT2D eigenvalue weighted by Crippen LogP contribution is 2.29. The van der Waals surface area contributed by atoms with Crippen molar-refractivity contribution in [3.63, 3.8) is 0 Å². The van der Waals surface area contributed by atoms with Crippen molar-refractivity contribution in [3.8, 4) is 28.8 Å². The normalized spacial score (nSPS) is 14.3. The van der Waals surface area contributed by atoms with E-state index in [1.165, 1.54) is 6.42 Å². The van der Waals surface area contributed by atoms with Gasteiger partial charge in [-0.05, 0) is 49.6 Å². The van der Waals surface area contributed by atoms with Gasteiger partial charge in [-0.2, -0.15) is 10.4 Å². The number of para-hydroxylation sites is 1. The summed E-state index contributed by atoms with van der Waals surface area (Å²) in [5.74, 6) is 0.449. The molecule has 1 fully saturated rings. The van der Waals surface area contributed by atoms with Crippen molar-refractivity contribution in [2.75, 3.05) is 6.61 Å². The van der Waals surface area contributed by atoms with Gasteiger partial charge in [-0.15, -0.1) is 0 Å². The number of amides is 1. The molecule has 0 radical (unpaired) electrons. The highest BCUT2D eigenvalue weighted by molar-refractivity contribution is 6.02. The Balaban J connectivity index is 1.68. The number of carbonyl (C=O) groups is 1. The molecular formula is C29H32N4O2. The SMILES string of the molecule is CCCCOc1cccc(-c2nn(-c3ccccc3)cc2C=C(C#N)C(=O)NC2CCCCC2)c1. The van der Waals surface area contributed by atoms with Gasteiger partial charge in [-0.3, -0.25) is 4.79 Å². The summed E-state index contributed by atoms with van der Waals surface area (Å²) in [5, 5.41) is 17.7. The fraction of sp³-hybridized carbons (Fsp3) is 0.345. The maximum atomic E-state index is 12.9. The molecule has 3 aromatic rings. The largest absolute Gasteiger partial charge is 0.494 e. The van der Waals surface area contributed by atoms with Crippen molar-refractivity contribution in [3.05, 3.63) is 71.9 Å². The molecule has 6 nitrogen and oxygen atoms in total. The highest BCUT2D eigenvalue weighted by Gasteiger charge is 2.20. The molecule has 0 atom stereocenters. The first kappa shape index (κ1) is 24.3. The van der Waals surface area contributed by atoms with E-state index in [0.717, 1.165) is 55.5 Å². The third kappa shape index (κ3) is 6.39. The number of nitriles is 1. The number of aromatic nitrogens is 2. The fourth-order valence-electron chi connectivity index (χ4n) is 4.31. The Bertz CT molecular complexity index is 1200. The summed E-state index contributed by atoms with van der Waals surface area (Å²) >= 11 is 0. The van der Waals surface area contributed by atoms with Crippen LogP contribution in [0.15, 0.2) is 66.4 Å². The Kier molecular flexibility index (Phi) is 8.34. The second-order valence-corrected chi connectivity index (χ2v) is 8.92. The van der Waals surface area contributed by atoms with Gasteiger partial charge in [0.1, 0.15) is 23.1 Å². The zero-order valence-corrected chi connectivity index (χ0v) is 20.2. The Labute approximate surface area is 207 Å². The van der Waals surface area contributed by atoms with E-state index in [9.17, 15) is 10.1 Å². The molecule has 1 aliphatic rings. The number of carbonyl (C=O) groups excluding carboxylic acids is 1. The van der Waals surface area contributed by atoms with Gasteiger partial charge in [0.15, 0.2) is 0 Å². The lowest BCUT2D eigenvalue weighted by molar-refractivity contribution is -0.117. The Hall–Kier alpha value is -3.85. The van der Waals surface area contributed by atoms with Crippen LogP contribution in [-0.2, 0) is 4.79 Å². The van der Waals surface area contributed by atoms with Crippen LogP contribution in [-0.4, -0.2) is 28.3 Å². The molecule has 180 valence electrons. The van der Waals surface area contributed by atoms with Crippen LogP contribution in [0.2, 0.25) is 0 Å². The van der Waals surface area contributed by atoms with E-state index < -0.39 is 0 Å². The molecule has 0 bridgehead atoms. The number of rotatable bonds is 9.